The highest BCUT2D eigenvalue weighted by Crippen LogP contribution is 2.30. The Morgan fingerprint density at radius 1 is 1.25 bits per heavy atom. The zero-order chi connectivity index (χ0) is 8.77. The Balaban J connectivity index is 2.63. The van der Waals surface area contributed by atoms with Crippen LogP contribution in [0.3, 0.4) is 0 Å². The Morgan fingerprint density at radius 2 is 2.00 bits per heavy atom. The lowest BCUT2D eigenvalue weighted by Gasteiger charge is -1.97. The topological polar surface area (TPSA) is 34.1 Å². The van der Waals surface area contributed by atoms with Crippen molar-refractivity contribution in [2.75, 3.05) is 0 Å². The third-order valence-corrected chi connectivity index (χ3v) is 4.18. The fourth-order valence-corrected chi connectivity index (χ4v) is 3.77. The van der Waals surface area contributed by atoms with Crippen LogP contribution >= 0.6 is 15.9 Å². The highest BCUT2D eigenvalue weighted by atomic mass is 79.9. The largest absolute Gasteiger partial charge is 0.228 e. The van der Waals surface area contributed by atoms with Crippen molar-refractivity contribution < 1.29 is 8.42 Å². The van der Waals surface area contributed by atoms with Crippen LogP contribution in [-0.4, -0.2) is 8.42 Å². The van der Waals surface area contributed by atoms with Crippen LogP contribution < -0.4 is 0 Å². The van der Waals surface area contributed by atoms with E-state index in [1.165, 1.54) is 0 Å². The third kappa shape index (κ3) is 1.29. The minimum absolute atomic E-state index is 0.184. The summed E-state index contributed by atoms with van der Waals surface area (Å²) in [6.45, 7) is 0. The summed E-state index contributed by atoms with van der Waals surface area (Å²) in [7, 11) is -2.86. The van der Waals surface area contributed by atoms with E-state index in [-0.39, 0.29) is 11.5 Å². The summed E-state index contributed by atoms with van der Waals surface area (Å²) in [5.41, 5.74) is 1.86. The Bertz CT molecular complexity index is 423. The monoisotopic (exact) mass is 246 g/mol. The molecule has 1 aliphatic heterocycles. The maximum Gasteiger partial charge on any atom is 0.158 e. The molecule has 1 aliphatic rings. The molecule has 64 valence electrons. The Hall–Kier alpha value is -0.350. The van der Waals surface area contributed by atoms with Gasteiger partial charge in [0.05, 0.1) is 11.5 Å². The molecule has 2 rings (SSSR count). The average molecular weight is 247 g/mol. The maximum absolute atomic E-state index is 11.2. The van der Waals surface area contributed by atoms with Gasteiger partial charge in [0.1, 0.15) is 0 Å². The third-order valence-electron chi connectivity index (χ3n) is 1.96. The van der Waals surface area contributed by atoms with Crippen molar-refractivity contribution in [1.29, 1.82) is 0 Å². The van der Waals surface area contributed by atoms with Gasteiger partial charge in [-0.15, -0.1) is 0 Å². The van der Waals surface area contributed by atoms with Crippen molar-refractivity contribution in [3.63, 3.8) is 0 Å². The van der Waals surface area contributed by atoms with Crippen molar-refractivity contribution >= 4 is 25.8 Å². The minimum atomic E-state index is -2.86. The van der Waals surface area contributed by atoms with Crippen molar-refractivity contribution in [3.8, 4) is 0 Å². The first-order chi connectivity index (χ1) is 5.58. The fraction of sp³-hybridized carbons (Fsp3) is 0.250. The summed E-state index contributed by atoms with van der Waals surface area (Å²) in [5.74, 6) is 0.380. The number of fused-ring (bicyclic) bond motifs is 1. The number of sulfone groups is 1. The molecule has 12 heavy (non-hydrogen) atoms. The highest BCUT2D eigenvalue weighted by molar-refractivity contribution is 9.10. The van der Waals surface area contributed by atoms with Crippen LogP contribution in [0.25, 0.3) is 0 Å². The molecule has 0 spiro atoms. The van der Waals surface area contributed by atoms with Gasteiger partial charge in [-0.1, -0.05) is 28.1 Å². The summed E-state index contributed by atoms with van der Waals surface area (Å²) >= 11 is 3.33. The molecule has 0 aromatic heterocycles. The molecule has 0 fully saturated rings. The lowest BCUT2D eigenvalue weighted by atomic mass is 10.1. The highest BCUT2D eigenvalue weighted by Gasteiger charge is 2.25. The second-order valence-electron chi connectivity index (χ2n) is 2.91. The lowest BCUT2D eigenvalue weighted by Crippen LogP contribution is -1.95. The summed E-state index contributed by atoms with van der Waals surface area (Å²) in [5, 5.41) is 0. The second kappa shape index (κ2) is 2.57. The van der Waals surface area contributed by atoms with E-state index in [2.05, 4.69) is 15.9 Å². The van der Waals surface area contributed by atoms with Gasteiger partial charge in [0, 0.05) is 4.47 Å². The molecular weight excluding hydrogens is 240 g/mol. The minimum Gasteiger partial charge on any atom is -0.228 e. The molecule has 1 aromatic rings. The van der Waals surface area contributed by atoms with Gasteiger partial charge in [0.15, 0.2) is 9.84 Å². The first kappa shape index (κ1) is 8.26. The van der Waals surface area contributed by atoms with Crippen molar-refractivity contribution in [2.45, 2.75) is 11.5 Å². The standard InChI is InChI=1S/C8H7BrO2S/c9-8-3-1-2-6-4-12(10,11)5-7(6)8/h1-3H,4-5H2. The first-order valence-electron chi connectivity index (χ1n) is 3.55. The molecule has 1 heterocycles. The van der Waals surface area contributed by atoms with E-state index < -0.39 is 9.84 Å². The molecule has 0 saturated carbocycles. The zero-order valence-electron chi connectivity index (χ0n) is 6.25. The molecular formula is C8H7BrO2S. The van der Waals surface area contributed by atoms with Crippen LogP contribution in [0.15, 0.2) is 22.7 Å². The molecule has 0 aliphatic carbocycles. The van der Waals surface area contributed by atoms with E-state index in [0.717, 1.165) is 15.6 Å². The van der Waals surface area contributed by atoms with Gasteiger partial charge in [-0.3, -0.25) is 0 Å². The van der Waals surface area contributed by atoms with Crippen LogP contribution in [0, 0.1) is 0 Å². The summed E-state index contributed by atoms with van der Waals surface area (Å²) in [4.78, 5) is 0. The molecule has 0 radical (unpaired) electrons. The number of benzene rings is 1. The number of hydrogen-bond donors (Lipinski definition) is 0. The van der Waals surface area contributed by atoms with Gasteiger partial charge < -0.3 is 0 Å². The molecule has 0 N–H and O–H groups in total. The summed E-state index contributed by atoms with van der Waals surface area (Å²) in [6.07, 6.45) is 0. The Kier molecular flexibility index (Phi) is 1.77. The molecule has 0 atom stereocenters. The van der Waals surface area contributed by atoms with Crippen LogP contribution in [-0.2, 0) is 21.3 Å². The van der Waals surface area contributed by atoms with E-state index >= 15 is 0 Å². The predicted octanol–water partition coefficient (Wildman–Crippen LogP) is 1.88. The van der Waals surface area contributed by atoms with Crippen LogP contribution in [0.2, 0.25) is 0 Å². The van der Waals surface area contributed by atoms with Crippen LogP contribution in [0.1, 0.15) is 11.1 Å². The molecule has 0 unspecified atom stereocenters. The van der Waals surface area contributed by atoms with E-state index in [0.29, 0.717) is 0 Å². The predicted molar refractivity (Wildman–Crippen MR) is 50.5 cm³/mol. The summed E-state index contributed by atoms with van der Waals surface area (Å²) < 4.78 is 23.3. The van der Waals surface area contributed by atoms with Gasteiger partial charge >= 0.3 is 0 Å². The molecule has 0 bridgehead atoms. The molecule has 1 aromatic carbocycles. The van der Waals surface area contributed by atoms with Crippen molar-refractivity contribution in [3.05, 3.63) is 33.8 Å². The van der Waals surface area contributed by atoms with Gasteiger partial charge in [-0.2, -0.15) is 0 Å². The van der Waals surface area contributed by atoms with Crippen molar-refractivity contribution in [1.82, 2.24) is 0 Å². The maximum atomic E-state index is 11.2. The molecule has 0 saturated heterocycles. The fourth-order valence-electron chi connectivity index (χ4n) is 1.41. The van der Waals surface area contributed by atoms with Gasteiger partial charge in [0.2, 0.25) is 0 Å². The van der Waals surface area contributed by atoms with Crippen molar-refractivity contribution in [2.24, 2.45) is 0 Å². The van der Waals surface area contributed by atoms with Gasteiger partial charge in [-0.25, -0.2) is 8.42 Å². The molecule has 0 amide bonds. The lowest BCUT2D eigenvalue weighted by molar-refractivity contribution is 0.598. The average Bonchev–Trinajstić information content (AvgIpc) is 2.25. The van der Waals surface area contributed by atoms with E-state index in [9.17, 15) is 8.42 Å². The quantitative estimate of drug-likeness (QED) is 0.701. The zero-order valence-corrected chi connectivity index (χ0v) is 8.65. The SMILES string of the molecule is O=S1(=O)Cc2cccc(Br)c2C1. The van der Waals surface area contributed by atoms with Crippen LogP contribution in [0.5, 0.6) is 0 Å². The van der Waals surface area contributed by atoms with E-state index in [4.69, 9.17) is 0 Å². The molecule has 4 heteroatoms. The normalized spacial score (nSPS) is 19.1. The summed E-state index contributed by atoms with van der Waals surface area (Å²) in [6, 6.07) is 5.61. The number of hydrogen-bond acceptors (Lipinski definition) is 2. The number of halogens is 1. The molecule has 2 nitrogen and oxygen atoms in total. The van der Waals surface area contributed by atoms with E-state index in [1.807, 2.05) is 18.2 Å². The van der Waals surface area contributed by atoms with Gasteiger partial charge in [0.25, 0.3) is 0 Å². The first-order valence-corrected chi connectivity index (χ1v) is 6.17. The smallest absolute Gasteiger partial charge is 0.158 e. The van der Waals surface area contributed by atoms with E-state index in [1.54, 1.807) is 0 Å². The Labute approximate surface area is 79.6 Å². The van der Waals surface area contributed by atoms with Gasteiger partial charge in [-0.05, 0) is 17.2 Å². The second-order valence-corrected chi connectivity index (χ2v) is 5.83. The number of rotatable bonds is 0. The Morgan fingerprint density at radius 3 is 2.67 bits per heavy atom. The van der Waals surface area contributed by atoms with Crippen LogP contribution in [0.4, 0.5) is 0 Å².